The molecule has 0 aromatic carbocycles. The summed E-state index contributed by atoms with van der Waals surface area (Å²) >= 11 is 4.99. The zero-order valence-electron chi connectivity index (χ0n) is 7.76. The molecule has 0 unspecified atom stereocenters. The van der Waals surface area contributed by atoms with Crippen LogP contribution in [0.25, 0.3) is 0 Å². The van der Waals surface area contributed by atoms with Crippen molar-refractivity contribution in [2.45, 2.75) is 13.5 Å². The smallest absolute Gasteiger partial charge is 0.135 e. The van der Waals surface area contributed by atoms with Gasteiger partial charge in [0.05, 0.1) is 0 Å². The number of anilines is 1. The monoisotopic (exact) mass is 199 g/mol. The minimum atomic E-state index is 0.447. The number of methoxy groups -OCH3 is 1. The molecule has 1 aromatic heterocycles. The lowest BCUT2D eigenvalue weighted by Gasteiger charge is -2.05. The summed E-state index contributed by atoms with van der Waals surface area (Å²) in [7, 11) is 1.62. The molecule has 0 amide bonds. The Balaban J connectivity index is 2.90. The highest BCUT2D eigenvalue weighted by molar-refractivity contribution is 7.71. The van der Waals surface area contributed by atoms with Gasteiger partial charge in [0.1, 0.15) is 22.9 Å². The molecular weight excluding hydrogens is 186 g/mol. The zero-order valence-corrected chi connectivity index (χ0v) is 8.57. The van der Waals surface area contributed by atoms with Crippen molar-refractivity contribution in [1.29, 1.82) is 0 Å². The Morgan fingerprint density at radius 1 is 1.69 bits per heavy atom. The van der Waals surface area contributed by atoms with Crippen LogP contribution in [0.4, 0.5) is 5.82 Å². The first-order valence-electron chi connectivity index (χ1n) is 4.09. The maximum Gasteiger partial charge on any atom is 0.135 e. The lowest BCUT2D eigenvalue weighted by Crippen LogP contribution is -2.04. The van der Waals surface area contributed by atoms with E-state index in [-0.39, 0.29) is 0 Å². The SMILES string of the molecule is CCNc1cc(=S)nc(COC)[nH]1. The molecule has 0 aliphatic rings. The third-order valence-electron chi connectivity index (χ3n) is 1.44. The fourth-order valence-corrected chi connectivity index (χ4v) is 1.23. The molecule has 0 spiro atoms. The zero-order chi connectivity index (χ0) is 9.68. The molecule has 0 aliphatic heterocycles. The van der Waals surface area contributed by atoms with Gasteiger partial charge in [-0.05, 0) is 6.92 Å². The van der Waals surface area contributed by atoms with Crippen LogP contribution < -0.4 is 5.32 Å². The maximum absolute atomic E-state index is 4.99. The van der Waals surface area contributed by atoms with E-state index in [1.807, 2.05) is 6.92 Å². The minimum Gasteiger partial charge on any atom is -0.377 e. The van der Waals surface area contributed by atoms with E-state index in [9.17, 15) is 0 Å². The van der Waals surface area contributed by atoms with Gasteiger partial charge in [-0.25, -0.2) is 4.98 Å². The van der Waals surface area contributed by atoms with Crippen LogP contribution in [0.1, 0.15) is 12.7 Å². The largest absolute Gasteiger partial charge is 0.377 e. The van der Waals surface area contributed by atoms with E-state index in [1.54, 1.807) is 13.2 Å². The molecule has 1 rings (SSSR count). The van der Waals surface area contributed by atoms with Crippen LogP contribution in [0.15, 0.2) is 6.07 Å². The Bertz CT molecular complexity index is 296. The summed E-state index contributed by atoms with van der Waals surface area (Å²) < 4.78 is 5.52. The molecule has 0 saturated heterocycles. The molecular formula is C8H13N3OS. The Kier molecular flexibility index (Phi) is 3.85. The second kappa shape index (κ2) is 4.94. The average Bonchev–Trinajstić information content (AvgIpc) is 2.04. The Labute approximate surface area is 82.4 Å². The standard InChI is InChI=1S/C8H13N3OS/c1-3-9-6-4-8(13)11-7(10-6)5-12-2/h4H,3,5H2,1-2H3,(H2,9,10,11,13). The first-order chi connectivity index (χ1) is 6.26. The maximum atomic E-state index is 4.99. The number of aromatic nitrogens is 2. The molecule has 1 heterocycles. The highest BCUT2D eigenvalue weighted by atomic mass is 32.1. The van der Waals surface area contributed by atoms with Crippen LogP contribution in [0.5, 0.6) is 0 Å². The number of hydrogen-bond acceptors (Lipinski definition) is 4. The van der Waals surface area contributed by atoms with Crippen LogP contribution in [-0.2, 0) is 11.3 Å². The fourth-order valence-electron chi connectivity index (χ4n) is 0.999. The van der Waals surface area contributed by atoms with E-state index in [2.05, 4.69) is 15.3 Å². The summed E-state index contributed by atoms with van der Waals surface area (Å²) in [6.07, 6.45) is 0. The van der Waals surface area contributed by atoms with E-state index in [1.165, 1.54) is 0 Å². The lowest BCUT2D eigenvalue weighted by molar-refractivity contribution is 0.178. The summed E-state index contributed by atoms with van der Waals surface area (Å²) in [5.74, 6) is 1.63. The normalized spacial score (nSPS) is 10.0. The third kappa shape index (κ3) is 3.12. The van der Waals surface area contributed by atoms with Crippen molar-refractivity contribution in [3.8, 4) is 0 Å². The van der Waals surface area contributed by atoms with Crippen LogP contribution in [0, 0.1) is 4.64 Å². The van der Waals surface area contributed by atoms with Crippen molar-refractivity contribution in [1.82, 2.24) is 9.97 Å². The van der Waals surface area contributed by atoms with Crippen molar-refractivity contribution in [3.05, 3.63) is 16.5 Å². The van der Waals surface area contributed by atoms with Gasteiger partial charge < -0.3 is 15.0 Å². The van der Waals surface area contributed by atoms with Crippen molar-refractivity contribution in [2.75, 3.05) is 19.0 Å². The number of nitrogens with one attached hydrogen (secondary N) is 2. The fraction of sp³-hybridized carbons (Fsp3) is 0.500. The molecule has 2 N–H and O–H groups in total. The van der Waals surface area contributed by atoms with Crippen molar-refractivity contribution >= 4 is 18.0 Å². The molecule has 0 atom stereocenters. The molecule has 0 fully saturated rings. The highest BCUT2D eigenvalue weighted by Crippen LogP contribution is 2.03. The Morgan fingerprint density at radius 2 is 2.46 bits per heavy atom. The molecule has 0 bridgehead atoms. The van der Waals surface area contributed by atoms with Gasteiger partial charge in [0.2, 0.25) is 0 Å². The summed E-state index contributed by atoms with van der Waals surface area (Å²) in [4.78, 5) is 7.17. The first kappa shape index (κ1) is 10.1. The summed E-state index contributed by atoms with van der Waals surface area (Å²) in [5, 5.41) is 3.13. The van der Waals surface area contributed by atoms with E-state index in [0.717, 1.165) is 18.2 Å². The molecule has 0 saturated carbocycles. The van der Waals surface area contributed by atoms with Crippen LogP contribution in [0.2, 0.25) is 0 Å². The molecule has 0 radical (unpaired) electrons. The molecule has 0 aliphatic carbocycles. The van der Waals surface area contributed by atoms with Crippen molar-refractivity contribution in [2.24, 2.45) is 0 Å². The third-order valence-corrected chi connectivity index (χ3v) is 1.65. The van der Waals surface area contributed by atoms with Crippen LogP contribution >= 0.6 is 12.2 Å². The number of nitrogens with zero attached hydrogens (tertiary/aromatic N) is 1. The van der Waals surface area contributed by atoms with Crippen molar-refractivity contribution < 1.29 is 4.74 Å². The Hall–Kier alpha value is -0.940. The Morgan fingerprint density at radius 3 is 3.08 bits per heavy atom. The number of aromatic amines is 1. The molecule has 13 heavy (non-hydrogen) atoms. The molecule has 5 heteroatoms. The predicted molar refractivity (Wildman–Crippen MR) is 54.3 cm³/mol. The number of rotatable bonds is 4. The highest BCUT2D eigenvalue weighted by Gasteiger charge is 1.96. The van der Waals surface area contributed by atoms with Gasteiger partial charge in [0.25, 0.3) is 0 Å². The van der Waals surface area contributed by atoms with Gasteiger partial charge in [-0.15, -0.1) is 0 Å². The average molecular weight is 199 g/mol. The molecule has 1 aromatic rings. The first-order valence-corrected chi connectivity index (χ1v) is 4.50. The summed E-state index contributed by atoms with van der Waals surface area (Å²) in [5.41, 5.74) is 0. The van der Waals surface area contributed by atoms with Gasteiger partial charge in [-0.1, -0.05) is 12.2 Å². The summed E-state index contributed by atoms with van der Waals surface area (Å²) in [6.45, 7) is 3.32. The second-order valence-electron chi connectivity index (χ2n) is 2.54. The second-order valence-corrected chi connectivity index (χ2v) is 2.96. The van der Waals surface area contributed by atoms with E-state index in [0.29, 0.717) is 11.2 Å². The lowest BCUT2D eigenvalue weighted by atomic mass is 10.5. The predicted octanol–water partition coefficient (Wildman–Crippen LogP) is 1.72. The topological polar surface area (TPSA) is 49.9 Å². The van der Waals surface area contributed by atoms with Gasteiger partial charge >= 0.3 is 0 Å². The van der Waals surface area contributed by atoms with Gasteiger partial charge in [0.15, 0.2) is 0 Å². The van der Waals surface area contributed by atoms with Gasteiger partial charge in [0, 0.05) is 19.7 Å². The minimum absolute atomic E-state index is 0.447. The quantitative estimate of drug-likeness (QED) is 0.725. The van der Waals surface area contributed by atoms with E-state index >= 15 is 0 Å². The van der Waals surface area contributed by atoms with Gasteiger partial charge in [-0.2, -0.15) is 0 Å². The number of ether oxygens (including phenoxy) is 1. The summed E-state index contributed by atoms with van der Waals surface area (Å²) in [6, 6.07) is 1.79. The number of hydrogen-bond donors (Lipinski definition) is 2. The molecule has 4 nitrogen and oxygen atoms in total. The van der Waals surface area contributed by atoms with Crippen molar-refractivity contribution in [3.63, 3.8) is 0 Å². The molecule has 72 valence electrons. The van der Waals surface area contributed by atoms with E-state index in [4.69, 9.17) is 17.0 Å². The van der Waals surface area contributed by atoms with Crippen LogP contribution in [-0.4, -0.2) is 23.6 Å². The number of H-pyrrole nitrogens is 1. The van der Waals surface area contributed by atoms with E-state index < -0.39 is 0 Å². The van der Waals surface area contributed by atoms with Gasteiger partial charge in [-0.3, -0.25) is 0 Å². The van der Waals surface area contributed by atoms with Crippen LogP contribution in [0.3, 0.4) is 0 Å².